The molecule has 9 nitrogen and oxygen atoms in total. The van der Waals surface area contributed by atoms with Crippen molar-refractivity contribution in [3.05, 3.63) is 58.2 Å². The summed E-state index contributed by atoms with van der Waals surface area (Å²) in [6.45, 7) is 5.37. The van der Waals surface area contributed by atoms with Crippen LogP contribution in [0.3, 0.4) is 0 Å². The Morgan fingerprint density at radius 3 is 2.55 bits per heavy atom. The number of unbranched alkanes of at least 4 members (excludes halogenated alkanes) is 1. The van der Waals surface area contributed by atoms with Gasteiger partial charge in [0, 0.05) is 24.0 Å². The van der Waals surface area contributed by atoms with Crippen LogP contribution in [0.2, 0.25) is 0 Å². The van der Waals surface area contributed by atoms with Crippen molar-refractivity contribution in [2.75, 3.05) is 12.3 Å². The number of ether oxygens (including phenoxy) is 1. The molecule has 1 heterocycles. The fraction of sp³-hybridized carbons (Fsp3) is 0.458. The van der Waals surface area contributed by atoms with Crippen LogP contribution in [0, 0.1) is 12.3 Å². The van der Waals surface area contributed by atoms with Crippen LogP contribution in [0.4, 0.5) is 10.7 Å². The molecule has 0 atom stereocenters. The maximum Gasteiger partial charge on any atom is 0.421 e. The molecule has 0 amide bonds. The molecule has 2 rings (SSSR count). The lowest BCUT2D eigenvalue weighted by Gasteiger charge is -2.19. The average Bonchev–Trinajstić information content (AvgIpc) is 3.13. The molecule has 0 aliphatic heterocycles. The Balaban J connectivity index is 0.000000335. The number of carbonyl (C=O) groups excluding carboxylic acids is 2. The van der Waals surface area contributed by atoms with E-state index in [-0.39, 0.29) is 18.3 Å². The van der Waals surface area contributed by atoms with Crippen LogP contribution in [0.1, 0.15) is 57.7 Å². The lowest BCUT2D eigenvalue weighted by Crippen LogP contribution is -2.27. The Morgan fingerprint density at radius 2 is 1.94 bits per heavy atom. The Morgan fingerprint density at radius 1 is 1.24 bits per heavy atom. The van der Waals surface area contributed by atoms with E-state index in [0.29, 0.717) is 19.3 Å². The molecular weight excluding hydrogens is 420 g/mol. The number of terminal acetylenes is 1. The summed E-state index contributed by atoms with van der Waals surface area (Å²) in [4.78, 5) is 29.6. The Hall–Kier alpha value is -3.76. The smallest absolute Gasteiger partial charge is 0.421 e. The van der Waals surface area contributed by atoms with E-state index in [0.717, 1.165) is 25.0 Å². The number of anilines is 1. The normalized spacial score (nSPS) is 10.2. The monoisotopic (exact) mass is 452 g/mol. The number of ketones is 1. The van der Waals surface area contributed by atoms with Gasteiger partial charge in [0.25, 0.3) is 0 Å². The van der Waals surface area contributed by atoms with E-state index >= 15 is 0 Å². The lowest BCUT2D eigenvalue weighted by atomic mass is 10.1. The van der Waals surface area contributed by atoms with Crippen LogP contribution in [0.5, 0.6) is 0 Å². The van der Waals surface area contributed by atoms with Crippen molar-refractivity contribution in [1.29, 1.82) is 0 Å². The number of nitrogens with two attached hydrogens (primary N) is 1. The molecule has 0 fully saturated rings. The number of benzene rings is 1. The van der Waals surface area contributed by atoms with Gasteiger partial charge in [-0.15, -0.1) is 12.3 Å². The third-order valence-corrected chi connectivity index (χ3v) is 4.20. The summed E-state index contributed by atoms with van der Waals surface area (Å²) in [6.07, 6.45) is 10.6. The molecule has 0 radical (unpaired) electrons. The molecule has 1 aromatic heterocycles. The maximum absolute atomic E-state index is 11.8. The molecule has 0 aliphatic rings. The zero-order chi connectivity index (χ0) is 24.7. The standard InChI is InChI=1S/C13H19N3O2.C11H13N3O/c1-5-6-7-8-10-9-16(11(14)15-10)12(17)18-13(2,3)4;12-14-13-9-11(15)8-4-7-10-5-2-1-3-6-10/h1,9H,6-8H2,2-4H3,(H2,14,15);1-3,5-6H,4,7-9H2. The molecular formula is C24H32N6O3. The molecule has 0 saturated heterocycles. The molecule has 9 heteroatoms. The quantitative estimate of drug-likeness (QED) is 0.186. The van der Waals surface area contributed by atoms with Gasteiger partial charge < -0.3 is 10.5 Å². The zero-order valence-electron chi connectivity index (χ0n) is 19.5. The summed E-state index contributed by atoms with van der Waals surface area (Å²) >= 11 is 0. The van der Waals surface area contributed by atoms with Gasteiger partial charge in [-0.25, -0.2) is 14.3 Å². The highest BCUT2D eigenvalue weighted by Gasteiger charge is 2.20. The first-order valence-electron chi connectivity index (χ1n) is 10.7. The molecule has 0 saturated carbocycles. The van der Waals surface area contributed by atoms with Crippen LogP contribution >= 0.6 is 0 Å². The maximum atomic E-state index is 11.8. The van der Waals surface area contributed by atoms with Crippen molar-refractivity contribution in [3.8, 4) is 12.3 Å². The Bertz CT molecular complexity index is 980. The van der Waals surface area contributed by atoms with Gasteiger partial charge in [0.15, 0.2) is 0 Å². The molecule has 0 bridgehead atoms. The zero-order valence-corrected chi connectivity index (χ0v) is 19.5. The van der Waals surface area contributed by atoms with E-state index in [1.165, 1.54) is 10.1 Å². The van der Waals surface area contributed by atoms with E-state index < -0.39 is 11.7 Å². The van der Waals surface area contributed by atoms with Crippen LogP contribution in [-0.4, -0.2) is 33.6 Å². The van der Waals surface area contributed by atoms with Gasteiger partial charge in [-0.05, 0) is 57.5 Å². The average molecular weight is 453 g/mol. The number of nitrogens with zero attached hydrogens (tertiary/aromatic N) is 5. The topological polar surface area (TPSA) is 136 Å². The van der Waals surface area contributed by atoms with Crippen LogP contribution in [0.15, 0.2) is 41.6 Å². The molecule has 2 aromatic rings. The second kappa shape index (κ2) is 14.3. The van der Waals surface area contributed by atoms with Crippen LogP contribution < -0.4 is 5.73 Å². The van der Waals surface area contributed by atoms with E-state index in [4.69, 9.17) is 22.4 Å². The fourth-order valence-electron chi connectivity index (χ4n) is 2.72. The molecule has 0 unspecified atom stereocenters. The summed E-state index contributed by atoms with van der Waals surface area (Å²) in [5.41, 5.74) is 15.1. The highest BCUT2D eigenvalue weighted by Crippen LogP contribution is 2.13. The third-order valence-electron chi connectivity index (χ3n) is 4.20. The Kier molecular flexibility index (Phi) is 11.8. The molecule has 176 valence electrons. The number of carbonyl (C=O) groups is 2. The predicted octanol–water partition coefficient (Wildman–Crippen LogP) is 5.09. The minimum atomic E-state index is -0.558. The summed E-state index contributed by atoms with van der Waals surface area (Å²) in [7, 11) is 0. The third kappa shape index (κ3) is 12.0. The number of aryl methyl sites for hydroxylation is 2. The summed E-state index contributed by atoms with van der Waals surface area (Å²) in [6, 6.07) is 10.0. The first-order valence-corrected chi connectivity index (χ1v) is 10.7. The van der Waals surface area contributed by atoms with E-state index in [2.05, 4.69) is 20.9 Å². The fourth-order valence-corrected chi connectivity index (χ4v) is 2.72. The molecule has 33 heavy (non-hydrogen) atoms. The van der Waals surface area contributed by atoms with Gasteiger partial charge in [0.2, 0.25) is 5.95 Å². The SMILES string of the molecule is C#CCCCc1cn(C(=O)OC(C)(C)C)c(N)n1.[N-]=[N+]=NCC(=O)CCCc1ccccc1. The number of hydrogen-bond acceptors (Lipinski definition) is 6. The number of azide groups is 1. The van der Waals surface area contributed by atoms with Gasteiger partial charge in [0.1, 0.15) is 11.4 Å². The Labute approximate surface area is 195 Å². The minimum Gasteiger partial charge on any atom is -0.443 e. The van der Waals surface area contributed by atoms with Crippen molar-refractivity contribution in [1.82, 2.24) is 9.55 Å². The largest absolute Gasteiger partial charge is 0.443 e. The number of Topliss-reactive ketones (excluding diaryl/α,β-unsaturated/α-hetero) is 1. The number of imidazole rings is 1. The van der Waals surface area contributed by atoms with Crippen molar-refractivity contribution >= 4 is 17.8 Å². The van der Waals surface area contributed by atoms with Gasteiger partial charge >= 0.3 is 6.09 Å². The summed E-state index contributed by atoms with van der Waals surface area (Å²) < 4.78 is 6.43. The predicted molar refractivity (Wildman–Crippen MR) is 128 cm³/mol. The minimum absolute atomic E-state index is 0.00345. The first-order chi connectivity index (χ1) is 15.7. The number of hydrogen-bond donors (Lipinski definition) is 1. The van der Waals surface area contributed by atoms with Gasteiger partial charge in [-0.3, -0.25) is 4.79 Å². The summed E-state index contributed by atoms with van der Waals surface area (Å²) in [5, 5.41) is 3.23. The molecule has 0 aliphatic carbocycles. The second-order valence-corrected chi connectivity index (χ2v) is 8.27. The lowest BCUT2D eigenvalue weighted by molar-refractivity contribution is -0.117. The van der Waals surface area contributed by atoms with Gasteiger partial charge in [-0.2, -0.15) is 0 Å². The van der Waals surface area contributed by atoms with Gasteiger partial charge in [0.05, 0.1) is 12.2 Å². The summed E-state index contributed by atoms with van der Waals surface area (Å²) in [5.74, 6) is 2.70. The molecule has 2 N–H and O–H groups in total. The highest BCUT2D eigenvalue weighted by atomic mass is 16.6. The number of aromatic nitrogens is 2. The molecule has 0 spiro atoms. The highest BCUT2D eigenvalue weighted by molar-refractivity contribution is 5.80. The first kappa shape index (κ1) is 27.3. The van der Waals surface area contributed by atoms with Crippen LogP contribution in [-0.2, 0) is 22.4 Å². The number of nitrogen functional groups attached to an aromatic ring is 1. The van der Waals surface area contributed by atoms with Crippen molar-refractivity contribution in [2.45, 2.75) is 64.9 Å². The van der Waals surface area contributed by atoms with Gasteiger partial charge in [-0.1, -0.05) is 35.4 Å². The number of rotatable bonds is 9. The van der Waals surface area contributed by atoms with E-state index in [1.807, 2.05) is 30.3 Å². The van der Waals surface area contributed by atoms with E-state index in [1.54, 1.807) is 27.0 Å². The second-order valence-electron chi connectivity index (χ2n) is 8.27. The van der Waals surface area contributed by atoms with Crippen molar-refractivity contribution in [2.24, 2.45) is 5.11 Å². The molecule has 1 aromatic carbocycles. The van der Waals surface area contributed by atoms with E-state index in [9.17, 15) is 9.59 Å². The van der Waals surface area contributed by atoms with Crippen LogP contribution in [0.25, 0.3) is 10.4 Å². The van der Waals surface area contributed by atoms with Crippen molar-refractivity contribution in [3.63, 3.8) is 0 Å². The van der Waals surface area contributed by atoms with Crippen molar-refractivity contribution < 1.29 is 14.3 Å².